The lowest BCUT2D eigenvalue weighted by atomic mass is 10.0. The van der Waals surface area contributed by atoms with E-state index in [0.29, 0.717) is 12.5 Å². The van der Waals surface area contributed by atoms with E-state index in [-0.39, 0.29) is 6.54 Å². The summed E-state index contributed by atoms with van der Waals surface area (Å²) in [5.41, 5.74) is 1.73. The maximum absolute atomic E-state index is 12.5. The molecule has 6 heteroatoms. The first-order valence-corrected chi connectivity index (χ1v) is 6.07. The number of nitrogens with one attached hydrogen (secondary N) is 1. The number of rotatable bonds is 5. The quantitative estimate of drug-likeness (QED) is 0.860. The summed E-state index contributed by atoms with van der Waals surface area (Å²) in [5.74, 6) is 0.354. The van der Waals surface area contributed by atoms with Gasteiger partial charge in [0, 0.05) is 12.5 Å². The van der Waals surface area contributed by atoms with E-state index in [9.17, 15) is 8.78 Å². The van der Waals surface area contributed by atoms with Gasteiger partial charge in [0.1, 0.15) is 6.54 Å². The summed E-state index contributed by atoms with van der Waals surface area (Å²) in [5, 5.41) is 10.9. The number of aromatic nitrogens is 3. The van der Waals surface area contributed by atoms with Crippen LogP contribution < -0.4 is 5.32 Å². The van der Waals surface area contributed by atoms with Gasteiger partial charge in [-0.2, -0.15) is 0 Å². The van der Waals surface area contributed by atoms with Gasteiger partial charge in [-0.15, -0.1) is 5.10 Å². The molecule has 17 heavy (non-hydrogen) atoms. The Morgan fingerprint density at radius 2 is 2.12 bits per heavy atom. The molecule has 0 atom stereocenters. The number of halogens is 2. The van der Waals surface area contributed by atoms with Crippen LogP contribution in [-0.4, -0.2) is 28.5 Å². The molecule has 0 amide bonds. The number of nitrogens with zero attached hydrogens (tertiary/aromatic N) is 3. The second-order valence-corrected chi connectivity index (χ2v) is 4.51. The predicted octanol–water partition coefficient (Wildman–Crippen LogP) is 1.92. The van der Waals surface area contributed by atoms with E-state index in [0.717, 1.165) is 24.2 Å². The van der Waals surface area contributed by atoms with E-state index < -0.39 is 6.43 Å². The SMILES string of the molecule is CNCc1nnn(CC(F)F)c1C1CCCC1. The van der Waals surface area contributed by atoms with Crippen molar-refractivity contribution in [1.82, 2.24) is 20.3 Å². The molecule has 1 N–H and O–H groups in total. The molecule has 0 radical (unpaired) electrons. The minimum atomic E-state index is -2.38. The highest BCUT2D eigenvalue weighted by Gasteiger charge is 2.26. The van der Waals surface area contributed by atoms with Gasteiger partial charge in [0.15, 0.2) is 0 Å². The smallest absolute Gasteiger partial charge is 0.257 e. The zero-order valence-corrected chi connectivity index (χ0v) is 9.99. The van der Waals surface area contributed by atoms with Gasteiger partial charge >= 0.3 is 0 Å². The molecule has 0 bridgehead atoms. The zero-order chi connectivity index (χ0) is 12.3. The van der Waals surface area contributed by atoms with Gasteiger partial charge in [-0.3, -0.25) is 0 Å². The standard InChI is InChI=1S/C11H18F2N4/c1-14-6-9-11(8-4-2-3-5-8)17(16-15-9)7-10(12)13/h8,10,14H,2-7H2,1H3. The maximum atomic E-state index is 12.5. The van der Waals surface area contributed by atoms with Crippen molar-refractivity contribution >= 4 is 0 Å². The van der Waals surface area contributed by atoms with Crippen molar-refractivity contribution in [3.63, 3.8) is 0 Å². The minimum Gasteiger partial charge on any atom is -0.314 e. The van der Waals surface area contributed by atoms with Crippen LogP contribution in [0.25, 0.3) is 0 Å². The average Bonchev–Trinajstić information content (AvgIpc) is 2.87. The van der Waals surface area contributed by atoms with Crippen molar-refractivity contribution in [2.75, 3.05) is 7.05 Å². The van der Waals surface area contributed by atoms with Crippen molar-refractivity contribution in [1.29, 1.82) is 0 Å². The van der Waals surface area contributed by atoms with Crippen LogP contribution in [0.4, 0.5) is 8.78 Å². The Labute approximate surface area is 99.4 Å². The molecule has 1 saturated carbocycles. The van der Waals surface area contributed by atoms with Gasteiger partial charge in [0.05, 0.1) is 11.4 Å². The molecule has 1 fully saturated rings. The van der Waals surface area contributed by atoms with Gasteiger partial charge in [0.2, 0.25) is 0 Å². The Balaban J connectivity index is 2.25. The summed E-state index contributed by atoms with van der Waals surface area (Å²) in [6.45, 7) is 0.248. The predicted molar refractivity (Wildman–Crippen MR) is 60.0 cm³/mol. The summed E-state index contributed by atoms with van der Waals surface area (Å²) < 4.78 is 26.4. The van der Waals surface area contributed by atoms with Crippen LogP contribution in [0, 0.1) is 0 Å². The summed E-state index contributed by atoms with van der Waals surface area (Å²) >= 11 is 0. The van der Waals surface area contributed by atoms with Crippen LogP contribution in [0.1, 0.15) is 43.0 Å². The van der Waals surface area contributed by atoms with Gasteiger partial charge < -0.3 is 5.32 Å². The van der Waals surface area contributed by atoms with Crippen LogP contribution >= 0.6 is 0 Å². The molecule has 0 unspecified atom stereocenters. The fourth-order valence-electron chi connectivity index (χ4n) is 2.56. The Hall–Kier alpha value is -1.04. The number of alkyl halides is 2. The lowest BCUT2D eigenvalue weighted by molar-refractivity contribution is 0.119. The Morgan fingerprint density at radius 3 is 2.71 bits per heavy atom. The van der Waals surface area contributed by atoms with E-state index in [1.165, 1.54) is 17.5 Å². The van der Waals surface area contributed by atoms with Crippen LogP contribution in [-0.2, 0) is 13.1 Å². The molecule has 4 nitrogen and oxygen atoms in total. The van der Waals surface area contributed by atoms with Crippen molar-refractivity contribution in [2.45, 2.75) is 51.1 Å². The monoisotopic (exact) mass is 244 g/mol. The molecule has 1 aliphatic carbocycles. The molecule has 0 spiro atoms. The lowest BCUT2D eigenvalue weighted by Gasteiger charge is -2.13. The summed E-state index contributed by atoms with van der Waals surface area (Å²) in [6.07, 6.45) is 2.09. The Kier molecular flexibility index (Phi) is 4.04. The topological polar surface area (TPSA) is 42.7 Å². The third kappa shape index (κ3) is 2.80. The van der Waals surface area contributed by atoms with Crippen LogP contribution in [0.5, 0.6) is 0 Å². The first-order valence-electron chi connectivity index (χ1n) is 6.07. The molecule has 0 aliphatic heterocycles. The van der Waals surface area contributed by atoms with Crippen molar-refractivity contribution in [3.05, 3.63) is 11.4 Å². The molecule has 0 aromatic carbocycles. The third-order valence-corrected chi connectivity index (χ3v) is 3.24. The molecule has 1 aromatic rings. The fraction of sp³-hybridized carbons (Fsp3) is 0.818. The van der Waals surface area contributed by atoms with E-state index in [1.54, 1.807) is 0 Å². The largest absolute Gasteiger partial charge is 0.314 e. The highest BCUT2D eigenvalue weighted by atomic mass is 19.3. The molecule has 1 heterocycles. The molecule has 1 aliphatic rings. The van der Waals surface area contributed by atoms with Crippen LogP contribution in [0.15, 0.2) is 0 Å². The van der Waals surface area contributed by atoms with Crippen molar-refractivity contribution in [3.8, 4) is 0 Å². The number of hydrogen-bond donors (Lipinski definition) is 1. The molecular weight excluding hydrogens is 226 g/mol. The van der Waals surface area contributed by atoms with Gasteiger partial charge in [-0.1, -0.05) is 18.1 Å². The Bertz CT molecular complexity index is 358. The van der Waals surface area contributed by atoms with Crippen LogP contribution in [0.2, 0.25) is 0 Å². The summed E-state index contributed by atoms with van der Waals surface area (Å²) in [6, 6.07) is 0. The van der Waals surface area contributed by atoms with E-state index >= 15 is 0 Å². The minimum absolute atomic E-state index is 0.345. The van der Waals surface area contributed by atoms with E-state index in [1.807, 2.05) is 7.05 Å². The normalized spacial score (nSPS) is 17.2. The van der Waals surface area contributed by atoms with Gasteiger partial charge in [0.25, 0.3) is 6.43 Å². The average molecular weight is 244 g/mol. The Morgan fingerprint density at radius 1 is 1.41 bits per heavy atom. The van der Waals surface area contributed by atoms with Crippen molar-refractivity contribution < 1.29 is 8.78 Å². The molecule has 2 rings (SSSR count). The second kappa shape index (κ2) is 5.53. The molecule has 96 valence electrons. The first-order chi connectivity index (χ1) is 8.22. The van der Waals surface area contributed by atoms with Gasteiger partial charge in [-0.05, 0) is 19.9 Å². The van der Waals surface area contributed by atoms with Crippen LogP contribution in [0.3, 0.4) is 0 Å². The summed E-state index contributed by atoms with van der Waals surface area (Å²) in [4.78, 5) is 0. The molecule has 1 aromatic heterocycles. The fourth-order valence-corrected chi connectivity index (χ4v) is 2.56. The molecular formula is C11H18F2N4. The first kappa shape index (κ1) is 12.4. The molecule has 0 saturated heterocycles. The third-order valence-electron chi connectivity index (χ3n) is 3.24. The summed E-state index contributed by atoms with van der Waals surface area (Å²) in [7, 11) is 1.82. The van der Waals surface area contributed by atoms with E-state index in [2.05, 4.69) is 15.6 Å². The van der Waals surface area contributed by atoms with Gasteiger partial charge in [-0.25, -0.2) is 13.5 Å². The number of hydrogen-bond acceptors (Lipinski definition) is 3. The highest BCUT2D eigenvalue weighted by molar-refractivity contribution is 5.17. The highest BCUT2D eigenvalue weighted by Crippen LogP contribution is 2.35. The zero-order valence-electron chi connectivity index (χ0n) is 9.99. The maximum Gasteiger partial charge on any atom is 0.257 e. The van der Waals surface area contributed by atoms with E-state index in [4.69, 9.17) is 0 Å². The van der Waals surface area contributed by atoms with Crippen molar-refractivity contribution in [2.24, 2.45) is 0 Å². The lowest BCUT2D eigenvalue weighted by Crippen LogP contribution is -2.15. The second-order valence-electron chi connectivity index (χ2n) is 4.51.